The maximum atomic E-state index is 12.3. The van der Waals surface area contributed by atoms with Crippen LogP contribution in [0.2, 0.25) is 0 Å². The molecule has 0 spiro atoms. The molecular formula is C34H44O2. The number of hydrogen-bond acceptors (Lipinski definition) is 2. The van der Waals surface area contributed by atoms with E-state index >= 15 is 0 Å². The van der Waals surface area contributed by atoms with E-state index in [1.54, 1.807) is 5.57 Å². The van der Waals surface area contributed by atoms with Crippen molar-refractivity contribution < 1.29 is 9.90 Å². The minimum absolute atomic E-state index is 0.116. The van der Waals surface area contributed by atoms with E-state index in [2.05, 4.69) is 84.6 Å². The Morgan fingerprint density at radius 3 is 2.31 bits per heavy atom. The summed E-state index contributed by atoms with van der Waals surface area (Å²) in [6.45, 7) is 15.5. The van der Waals surface area contributed by atoms with E-state index in [0.29, 0.717) is 18.3 Å². The van der Waals surface area contributed by atoms with Gasteiger partial charge in [0.1, 0.15) is 5.60 Å². The van der Waals surface area contributed by atoms with Crippen LogP contribution in [0.3, 0.4) is 0 Å². The fourth-order valence-electron chi connectivity index (χ4n) is 7.68. The molecule has 36 heavy (non-hydrogen) atoms. The lowest BCUT2D eigenvalue weighted by Gasteiger charge is -2.53. The van der Waals surface area contributed by atoms with E-state index < -0.39 is 5.60 Å². The zero-order chi connectivity index (χ0) is 26.1. The summed E-state index contributed by atoms with van der Waals surface area (Å²) in [6.07, 6.45) is 8.22. The van der Waals surface area contributed by atoms with Gasteiger partial charge in [-0.05, 0) is 105 Å². The van der Waals surface area contributed by atoms with Crippen molar-refractivity contribution in [1.82, 2.24) is 0 Å². The van der Waals surface area contributed by atoms with Crippen molar-refractivity contribution in [3.05, 3.63) is 58.2 Å². The van der Waals surface area contributed by atoms with Crippen LogP contribution in [0, 0.1) is 34.5 Å². The molecule has 2 nitrogen and oxygen atoms in total. The summed E-state index contributed by atoms with van der Waals surface area (Å²) in [6, 6.07) is 9.27. The SMILES string of the molecule is CC(C)(C)C#C[C@]1(O)CC[C@H]2[C@@H]3CCC4=CC(=O)CCC4=C3[C@@H](c3ccc(C(C)(C)C)cc3)C[C@@]21C. The maximum Gasteiger partial charge on any atom is 0.156 e. The third kappa shape index (κ3) is 4.22. The van der Waals surface area contributed by atoms with E-state index in [9.17, 15) is 9.90 Å². The fraction of sp³-hybridized carbons (Fsp3) is 0.618. The Morgan fingerprint density at radius 1 is 0.972 bits per heavy atom. The van der Waals surface area contributed by atoms with Crippen molar-refractivity contribution in [3.8, 4) is 11.8 Å². The summed E-state index contributed by atoms with van der Waals surface area (Å²) < 4.78 is 0. The number of benzene rings is 1. The van der Waals surface area contributed by atoms with Gasteiger partial charge in [-0.1, -0.05) is 69.4 Å². The zero-order valence-electron chi connectivity index (χ0n) is 23.4. The van der Waals surface area contributed by atoms with Gasteiger partial charge >= 0.3 is 0 Å². The lowest BCUT2D eigenvalue weighted by Crippen LogP contribution is -2.51. The van der Waals surface area contributed by atoms with Crippen LogP contribution in [0.15, 0.2) is 47.1 Å². The molecule has 0 aromatic heterocycles. The number of hydrogen-bond donors (Lipinski definition) is 1. The molecule has 0 heterocycles. The number of carbonyl (C=O) groups is 1. The molecule has 2 saturated carbocycles. The van der Waals surface area contributed by atoms with Crippen molar-refractivity contribution in [1.29, 1.82) is 0 Å². The van der Waals surface area contributed by atoms with Gasteiger partial charge in [-0.2, -0.15) is 0 Å². The first-order valence-electron chi connectivity index (χ1n) is 14.1. The van der Waals surface area contributed by atoms with E-state index in [-0.39, 0.29) is 27.9 Å². The summed E-state index contributed by atoms with van der Waals surface area (Å²) in [5.74, 6) is 8.28. The van der Waals surface area contributed by atoms with Crippen LogP contribution in [-0.4, -0.2) is 16.5 Å². The maximum absolute atomic E-state index is 12.3. The van der Waals surface area contributed by atoms with Gasteiger partial charge in [0, 0.05) is 23.2 Å². The van der Waals surface area contributed by atoms with Crippen LogP contribution in [-0.2, 0) is 10.2 Å². The highest BCUT2D eigenvalue weighted by Crippen LogP contribution is 2.66. The van der Waals surface area contributed by atoms with Gasteiger partial charge in [0.15, 0.2) is 5.78 Å². The standard InChI is InChI=1S/C34H44O2/c1-31(2,3)18-19-34(36)17-16-29-27-14-10-23-20-25(35)13-15-26(23)30(27)28(21-33(29,34)7)22-8-11-24(12-9-22)32(4,5)6/h8-9,11-12,20,27-29,36H,10,13-17,21H2,1-7H3/t27-,28+,29-,33-,34+/m0/s1. The Hall–Kier alpha value is -2.11. The van der Waals surface area contributed by atoms with Gasteiger partial charge < -0.3 is 5.11 Å². The molecule has 0 radical (unpaired) electrons. The van der Waals surface area contributed by atoms with Crippen molar-refractivity contribution in [2.45, 2.75) is 110 Å². The van der Waals surface area contributed by atoms with Crippen molar-refractivity contribution in [2.75, 3.05) is 0 Å². The Balaban J connectivity index is 1.65. The van der Waals surface area contributed by atoms with E-state index in [4.69, 9.17) is 0 Å². The lowest BCUT2D eigenvalue weighted by atomic mass is 9.51. The summed E-state index contributed by atoms with van der Waals surface area (Å²) in [4.78, 5) is 12.3. The molecule has 1 N–H and O–H groups in total. The molecule has 1 aromatic rings. The van der Waals surface area contributed by atoms with Crippen molar-refractivity contribution >= 4 is 5.78 Å². The Bertz CT molecular complexity index is 1190. The molecule has 4 aliphatic rings. The van der Waals surface area contributed by atoms with Gasteiger partial charge in [-0.15, -0.1) is 0 Å². The molecule has 0 bridgehead atoms. The molecular weight excluding hydrogens is 440 g/mol. The average Bonchev–Trinajstić information content (AvgIpc) is 3.07. The minimum Gasteiger partial charge on any atom is -0.377 e. The number of carbonyl (C=O) groups excluding carboxylic acids is 1. The molecule has 192 valence electrons. The van der Waals surface area contributed by atoms with E-state index in [1.165, 1.54) is 22.3 Å². The Labute approximate surface area is 218 Å². The molecule has 0 amide bonds. The van der Waals surface area contributed by atoms with Crippen LogP contribution in [0.4, 0.5) is 0 Å². The monoisotopic (exact) mass is 484 g/mol. The average molecular weight is 485 g/mol. The zero-order valence-corrected chi connectivity index (χ0v) is 23.4. The van der Waals surface area contributed by atoms with Gasteiger partial charge in [-0.25, -0.2) is 0 Å². The molecule has 4 aliphatic carbocycles. The van der Waals surface area contributed by atoms with Gasteiger partial charge in [0.2, 0.25) is 0 Å². The largest absolute Gasteiger partial charge is 0.377 e. The molecule has 5 rings (SSSR count). The Morgan fingerprint density at radius 2 is 1.67 bits per heavy atom. The summed E-state index contributed by atoms with van der Waals surface area (Å²) in [5.41, 5.74) is 5.82. The number of fused-ring (bicyclic) bond motifs is 4. The highest BCUT2D eigenvalue weighted by molar-refractivity contribution is 5.93. The highest BCUT2D eigenvalue weighted by atomic mass is 16.3. The number of rotatable bonds is 1. The first-order valence-corrected chi connectivity index (χ1v) is 14.1. The number of allylic oxidation sites excluding steroid dienone is 4. The first-order chi connectivity index (χ1) is 16.7. The molecule has 0 unspecified atom stereocenters. The predicted molar refractivity (Wildman–Crippen MR) is 148 cm³/mol. The second-order valence-corrected chi connectivity index (χ2v) is 14.3. The quantitative estimate of drug-likeness (QED) is 0.415. The van der Waals surface area contributed by atoms with Crippen LogP contribution in [0.25, 0.3) is 0 Å². The van der Waals surface area contributed by atoms with Gasteiger partial charge in [-0.3, -0.25) is 4.79 Å². The second-order valence-electron chi connectivity index (χ2n) is 14.3. The predicted octanol–water partition coefficient (Wildman–Crippen LogP) is 7.66. The lowest BCUT2D eigenvalue weighted by molar-refractivity contribution is -0.114. The third-order valence-electron chi connectivity index (χ3n) is 9.71. The third-order valence-corrected chi connectivity index (χ3v) is 9.71. The van der Waals surface area contributed by atoms with E-state index in [1.807, 2.05) is 6.08 Å². The smallest absolute Gasteiger partial charge is 0.156 e. The number of aliphatic hydroxyl groups is 1. The van der Waals surface area contributed by atoms with Gasteiger partial charge in [0.25, 0.3) is 0 Å². The van der Waals surface area contributed by atoms with Crippen LogP contribution in [0.5, 0.6) is 0 Å². The molecule has 5 atom stereocenters. The molecule has 2 heteroatoms. The van der Waals surface area contributed by atoms with Crippen LogP contribution < -0.4 is 0 Å². The van der Waals surface area contributed by atoms with Crippen LogP contribution >= 0.6 is 0 Å². The minimum atomic E-state index is -0.955. The summed E-state index contributed by atoms with van der Waals surface area (Å²) in [7, 11) is 0. The topological polar surface area (TPSA) is 37.3 Å². The van der Waals surface area contributed by atoms with E-state index in [0.717, 1.165) is 38.5 Å². The normalized spacial score (nSPS) is 34.3. The second kappa shape index (κ2) is 8.46. The summed E-state index contributed by atoms with van der Waals surface area (Å²) >= 11 is 0. The fourth-order valence-corrected chi connectivity index (χ4v) is 7.68. The number of ketones is 1. The van der Waals surface area contributed by atoms with Gasteiger partial charge in [0.05, 0.1) is 0 Å². The van der Waals surface area contributed by atoms with Crippen LogP contribution in [0.1, 0.15) is 110 Å². The first kappa shape index (κ1) is 25.5. The molecule has 2 fully saturated rings. The molecule has 1 aromatic carbocycles. The van der Waals surface area contributed by atoms with Crippen molar-refractivity contribution in [3.63, 3.8) is 0 Å². The van der Waals surface area contributed by atoms with Crippen molar-refractivity contribution in [2.24, 2.45) is 22.7 Å². The Kier molecular flexibility index (Phi) is 6.00. The molecule has 0 aliphatic heterocycles. The molecule has 0 saturated heterocycles. The highest BCUT2D eigenvalue weighted by Gasteiger charge is 2.62. The summed E-state index contributed by atoms with van der Waals surface area (Å²) in [5, 5.41) is 12.1.